The van der Waals surface area contributed by atoms with Crippen LogP contribution >= 0.6 is 11.6 Å². The third kappa shape index (κ3) is 2.65. The zero-order chi connectivity index (χ0) is 17.1. The number of hydrogen-bond acceptors (Lipinski definition) is 4. The van der Waals surface area contributed by atoms with Crippen molar-refractivity contribution < 1.29 is 0 Å². The molecule has 0 atom stereocenters. The van der Waals surface area contributed by atoms with Crippen LogP contribution in [0.15, 0.2) is 70.9 Å². The summed E-state index contributed by atoms with van der Waals surface area (Å²) >= 11 is 5.93. The van der Waals surface area contributed by atoms with Crippen molar-refractivity contribution in [2.45, 2.75) is 0 Å². The number of nitrogens with one attached hydrogen (secondary N) is 1. The molecule has 0 aliphatic carbocycles. The van der Waals surface area contributed by atoms with Crippen molar-refractivity contribution in [3.63, 3.8) is 0 Å². The molecule has 2 aromatic rings. The van der Waals surface area contributed by atoms with E-state index in [2.05, 4.69) is 4.99 Å². The van der Waals surface area contributed by atoms with E-state index in [-0.39, 0.29) is 17.1 Å². The van der Waals surface area contributed by atoms with Crippen LogP contribution in [0.25, 0.3) is 0 Å². The number of hydrogen-bond donors (Lipinski definition) is 1. The molecule has 0 unspecified atom stereocenters. The number of halogens is 1. The van der Waals surface area contributed by atoms with Crippen molar-refractivity contribution in [2.24, 2.45) is 4.99 Å². The topological polar surface area (TPSA) is 87.0 Å². The van der Waals surface area contributed by atoms with E-state index in [1.165, 1.54) is 0 Å². The third-order valence-corrected chi connectivity index (χ3v) is 3.71. The van der Waals surface area contributed by atoms with Crippen LogP contribution in [0, 0.1) is 28.1 Å². The molecule has 24 heavy (non-hydrogen) atoms. The summed E-state index contributed by atoms with van der Waals surface area (Å²) in [6.07, 6.45) is 0. The summed E-state index contributed by atoms with van der Waals surface area (Å²) in [7, 11) is 0. The van der Waals surface area contributed by atoms with Crippen LogP contribution in [0.5, 0.6) is 0 Å². The predicted molar refractivity (Wildman–Crippen MR) is 92.9 cm³/mol. The van der Waals surface area contributed by atoms with Gasteiger partial charge in [0.2, 0.25) is 0 Å². The van der Waals surface area contributed by atoms with Gasteiger partial charge in [-0.15, -0.1) is 0 Å². The van der Waals surface area contributed by atoms with Crippen LogP contribution in [0.3, 0.4) is 0 Å². The predicted octanol–water partition coefficient (Wildman–Crippen LogP) is 3.89. The highest BCUT2D eigenvalue weighted by Gasteiger charge is 2.31. The molecular formula is C18H10ClN5. The molecule has 2 aromatic carbocycles. The van der Waals surface area contributed by atoms with Gasteiger partial charge in [-0.2, -0.15) is 10.5 Å². The number of amidine groups is 2. The first kappa shape index (κ1) is 15.5. The Morgan fingerprint density at radius 3 is 2.21 bits per heavy atom. The lowest BCUT2D eigenvalue weighted by Gasteiger charge is -2.20. The van der Waals surface area contributed by atoms with Crippen molar-refractivity contribution in [1.29, 1.82) is 15.9 Å². The van der Waals surface area contributed by atoms with Gasteiger partial charge in [0.25, 0.3) is 0 Å². The summed E-state index contributed by atoms with van der Waals surface area (Å²) in [5, 5.41) is 27.2. The van der Waals surface area contributed by atoms with Gasteiger partial charge in [0.15, 0.2) is 11.4 Å². The van der Waals surface area contributed by atoms with E-state index in [0.717, 1.165) is 5.56 Å². The van der Waals surface area contributed by atoms with Crippen LogP contribution in [0.1, 0.15) is 5.56 Å². The van der Waals surface area contributed by atoms with Crippen molar-refractivity contribution in [2.75, 3.05) is 4.90 Å². The van der Waals surface area contributed by atoms with E-state index in [4.69, 9.17) is 27.5 Å². The third-order valence-electron chi connectivity index (χ3n) is 3.45. The van der Waals surface area contributed by atoms with E-state index in [1.807, 2.05) is 30.3 Å². The number of nitrogens with zero attached hydrogens (tertiary/aromatic N) is 4. The molecule has 5 nitrogen and oxygen atoms in total. The van der Waals surface area contributed by atoms with E-state index in [1.54, 1.807) is 41.3 Å². The summed E-state index contributed by atoms with van der Waals surface area (Å²) in [4.78, 5) is 5.97. The standard InChI is InChI=1S/C18H10ClN5/c19-14-6-8-15(9-7-14)24-17(22)16(13(10-20)11-21)23-18(24)12-4-2-1-3-5-12/h1-9,22H. The highest BCUT2D eigenvalue weighted by Crippen LogP contribution is 2.29. The largest absolute Gasteiger partial charge is 0.282 e. The Labute approximate surface area is 143 Å². The number of aliphatic imine (C=N–C) groups is 1. The molecule has 0 aromatic heterocycles. The second kappa shape index (κ2) is 6.37. The molecule has 1 aliphatic rings. The quantitative estimate of drug-likeness (QED) is 0.847. The monoisotopic (exact) mass is 331 g/mol. The average Bonchev–Trinajstić information content (AvgIpc) is 2.95. The van der Waals surface area contributed by atoms with Gasteiger partial charge >= 0.3 is 0 Å². The summed E-state index contributed by atoms with van der Waals surface area (Å²) in [6, 6.07) is 19.9. The molecule has 6 heteroatoms. The second-order valence-electron chi connectivity index (χ2n) is 4.91. The van der Waals surface area contributed by atoms with E-state index < -0.39 is 0 Å². The van der Waals surface area contributed by atoms with Gasteiger partial charge in [-0.25, -0.2) is 4.99 Å². The fourth-order valence-electron chi connectivity index (χ4n) is 2.35. The lowest BCUT2D eigenvalue weighted by Crippen LogP contribution is -2.32. The minimum atomic E-state index is -0.190. The Kier molecular flexibility index (Phi) is 4.11. The smallest absolute Gasteiger partial charge is 0.159 e. The maximum Gasteiger partial charge on any atom is 0.159 e. The second-order valence-corrected chi connectivity index (χ2v) is 5.35. The van der Waals surface area contributed by atoms with E-state index in [9.17, 15) is 0 Å². The Hall–Kier alpha value is -3.41. The molecule has 1 aliphatic heterocycles. The molecule has 1 N–H and O–H groups in total. The first-order valence-corrected chi connectivity index (χ1v) is 7.36. The number of nitriles is 2. The molecular weight excluding hydrogens is 322 g/mol. The van der Waals surface area contributed by atoms with Gasteiger partial charge in [0, 0.05) is 16.3 Å². The van der Waals surface area contributed by atoms with Crippen molar-refractivity contribution in [3.05, 3.63) is 76.5 Å². The molecule has 0 saturated heterocycles. The van der Waals surface area contributed by atoms with Crippen LogP contribution in [0.2, 0.25) is 5.02 Å². The maximum absolute atomic E-state index is 9.12. The molecule has 0 bridgehead atoms. The first-order valence-electron chi connectivity index (χ1n) is 6.99. The summed E-state index contributed by atoms with van der Waals surface area (Å²) in [5.74, 6) is 0.468. The SMILES string of the molecule is N#CC(C#N)=C1N=C(c2ccccc2)N(c2ccc(Cl)cc2)C1=N. The maximum atomic E-state index is 9.12. The molecule has 1 heterocycles. The summed E-state index contributed by atoms with van der Waals surface area (Å²) in [5.41, 5.74) is 1.33. The van der Waals surface area contributed by atoms with Gasteiger partial charge in [-0.05, 0) is 24.3 Å². The fourth-order valence-corrected chi connectivity index (χ4v) is 2.47. The lowest BCUT2D eigenvalue weighted by atomic mass is 10.1. The lowest BCUT2D eigenvalue weighted by molar-refractivity contribution is 1.34. The Morgan fingerprint density at radius 1 is 1.00 bits per heavy atom. The van der Waals surface area contributed by atoms with Crippen molar-refractivity contribution in [3.8, 4) is 12.1 Å². The molecule has 0 saturated carbocycles. The number of anilines is 1. The minimum absolute atomic E-state index is 0.0192. The average molecular weight is 332 g/mol. The van der Waals surface area contributed by atoms with Crippen LogP contribution in [-0.2, 0) is 0 Å². The van der Waals surface area contributed by atoms with Gasteiger partial charge in [-0.3, -0.25) is 10.3 Å². The fraction of sp³-hybridized carbons (Fsp3) is 0. The normalized spacial score (nSPS) is 13.3. The van der Waals surface area contributed by atoms with Gasteiger partial charge in [0.05, 0.1) is 0 Å². The Morgan fingerprint density at radius 2 is 1.62 bits per heavy atom. The molecule has 114 valence electrons. The number of allylic oxidation sites excluding steroid dienone is 1. The summed E-state index contributed by atoms with van der Waals surface area (Å²) in [6.45, 7) is 0. The van der Waals surface area contributed by atoms with Gasteiger partial charge < -0.3 is 0 Å². The van der Waals surface area contributed by atoms with Crippen LogP contribution in [0.4, 0.5) is 5.69 Å². The van der Waals surface area contributed by atoms with Crippen LogP contribution in [-0.4, -0.2) is 11.7 Å². The molecule has 3 rings (SSSR count). The Bertz CT molecular complexity index is 928. The van der Waals surface area contributed by atoms with E-state index >= 15 is 0 Å². The highest BCUT2D eigenvalue weighted by atomic mass is 35.5. The summed E-state index contributed by atoms with van der Waals surface area (Å²) < 4.78 is 0. The molecule has 0 amide bonds. The molecule has 0 spiro atoms. The van der Waals surface area contributed by atoms with Crippen molar-refractivity contribution in [1.82, 2.24) is 0 Å². The minimum Gasteiger partial charge on any atom is -0.282 e. The Balaban J connectivity index is 2.20. The zero-order valence-corrected chi connectivity index (χ0v) is 13.1. The molecule has 0 radical (unpaired) electrons. The van der Waals surface area contributed by atoms with Gasteiger partial charge in [-0.1, -0.05) is 41.9 Å². The van der Waals surface area contributed by atoms with Crippen LogP contribution < -0.4 is 4.90 Å². The number of rotatable bonds is 2. The van der Waals surface area contributed by atoms with Crippen molar-refractivity contribution >= 4 is 29.0 Å². The number of benzene rings is 2. The highest BCUT2D eigenvalue weighted by molar-refractivity contribution is 6.34. The first-order chi connectivity index (χ1) is 11.7. The zero-order valence-electron chi connectivity index (χ0n) is 12.4. The van der Waals surface area contributed by atoms with Gasteiger partial charge in [0.1, 0.15) is 23.7 Å². The molecule has 0 fully saturated rings. The van der Waals surface area contributed by atoms with E-state index in [0.29, 0.717) is 16.5 Å².